The van der Waals surface area contributed by atoms with Gasteiger partial charge in [-0.3, -0.25) is 0 Å². The summed E-state index contributed by atoms with van der Waals surface area (Å²) in [5.41, 5.74) is 0. The first-order valence-corrected chi connectivity index (χ1v) is 7.57. The second-order valence-corrected chi connectivity index (χ2v) is 7.32. The molecule has 0 spiro atoms. The molecule has 1 heteroatoms. The largest absolute Gasteiger partial charge is 0.0829 e. The van der Waals surface area contributed by atoms with Crippen molar-refractivity contribution in [1.29, 1.82) is 0 Å². The third-order valence-corrected chi connectivity index (χ3v) is 4.22. The quantitative estimate of drug-likeness (QED) is 0.372. The molecule has 1 fully saturated rings. The highest BCUT2D eigenvalue weighted by atomic mass is 127. The summed E-state index contributed by atoms with van der Waals surface area (Å²) in [6, 6.07) is 0. The van der Waals surface area contributed by atoms with Gasteiger partial charge in [-0.1, -0.05) is 81.4 Å². The molecule has 0 N–H and O–H groups in total. The number of unbranched alkanes of at least 4 members (excludes halogenated alkanes) is 1. The third-order valence-electron chi connectivity index (χ3n) is 3.60. The molecule has 1 unspecified atom stereocenters. The molecule has 0 saturated heterocycles. The van der Waals surface area contributed by atoms with Crippen molar-refractivity contribution in [3.63, 3.8) is 0 Å². The zero-order valence-corrected chi connectivity index (χ0v) is 11.9. The number of hydrogen-bond donors (Lipinski definition) is 0. The van der Waals surface area contributed by atoms with Crippen LogP contribution in [0.5, 0.6) is 0 Å². The Kier molecular flexibility index (Phi) is 6.47. The van der Waals surface area contributed by atoms with E-state index in [2.05, 4.69) is 36.4 Å². The number of rotatable bonds is 5. The molecule has 1 atom stereocenters. The van der Waals surface area contributed by atoms with Crippen molar-refractivity contribution in [1.82, 2.24) is 0 Å². The van der Waals surface area contributed by atoms with Crippen molar-refractivity contribution in [3.8, 4) is 0 Å². The lowest BCUT2D eigenvalue weighted by atomic mass is 9.80. The van der Waals surface area contributed by atoms with E-state index >= 15 is 0 Å². The van der Waals surface area contributed by atoms with Crippen LogP contribution < -0.4 is 0 Å². The first-order valence-electron chi connectivity index (χ1n) is 6.32. The molecule has 0 heterocycles. The maximum Gasteiger partial charge on any atom is 0.00813 e. The fourth-order valence-corrected chi connectivity index (χ4v) is 2.92. The van der Waals surface area contributed by atoms with Crippen LogP contribution >= 0.6 is 22.6 Å². The van der Waals surface area contributed by atoms with Gasteiger partial charge in [-0.2, -0.15) is 0 Å². The van der Waals surface area contributed by atoms with Gasteiger partial charge in [-0.05, 0) is 18.3 Å². The van der Waals surface area contributed by atoms with Gasteiger partial charge in [0.05, 0.1) is 0 Å². The molecule has 0 nitrogen and oxygen atoms in total. The van der Waals surface area contributed by atoms with Crippen LogP contribution in [0.1, 0.15) is 65.2 Å². The maximum atomic E-state index is 2.54. The Morgan fingerprint density at radius 2 is 1.79 bits per heavy atom. The lowest BCUT2D eigenvalue weighted by Crippen LogP contribution is -2.12. The van der Waals surface area contributed by atoms with Gasteiger partial charge in [0.1, 0.15) is 0 Å². The number of halogens is 1. The molecule has 0 amide bonds. The normalized spacial score (nSPS) is 30.2. The first-order chi connectivity index (χ1) is 6.68. The van der Waals surface area contributed by atoms with Crippen molar-refractivity contribution in [2.24, 2.45) is 11.8 Å². The molecule has 14 heavy (non-hydrogen) atoms. The maximum absolute atomic E-state index is 2.54. The van der Waals surface area contributed by atoms with Crippen LogP contribution in [0.4, 0.5) is 0 Å². The van der Waals surface area contributed by atoms with E-state index in [-0.39, 0.29) is 0 Å². The van der Waals surface area contributed by atoms with Gasteiger partial charge in [0.25, 0.3) is 0 Å². The van der Waals surface area contributed by atoms with Gasteiger partial charge in [0.2, 0.25) is 0 Å². The highest BCUT2D eigenvalue weighted by Gasteiger charge is 2.17. The van der Waals surface area contributed by atoms with E-state index in [1.807, 2.05) is 0 Å². The fraction of sp³-hybridized carbons (Fsp3) is 1.00. The Balaban J connectivity index is 1.96. The van der Waals surface area contributed by atoms with Crippen LogP contribution in [-0.4, -0.2) is 3.92 Å². The minimum absolute atomic E-state index is 0.874. The molecule has 0 aromatic heterocycles. The number of hydrogen-bond acceptors (Lipinski definition) is 0. The smallest absolute Gasteiger partial charge is 0.00813 e. The Bertz CT molecular complexity index is 134. The summed E-state index contributed by atoms with van der Waals surface area (Å²) in [5.74, 6) is 2.09. The zero-order valence-electron chi connectivity index (χ0n) is 9.77. The number of alkyl halides is 1. The minimum Gasteiger partial charge on any atom is -0.0829 e. The van der Waals surface area contributed by atoms with Crippen LogP contribution in [0.2, 0.25) is 0 Å². The van der Waals surface area contributed by atoms with Gasteiger partial charge in [-0.25, -0.2) is 0 Å². The summed E-state index contributed by atoms with van der Waals surface area (Å²) in [6.07, 6.45) is 11.9. The van der Waals surface area contributed by atoms with Crippen LogP contribution in [0.15, 0.2) is 0 Å². The van der Waals surface area contributed by atoms with E-state index < -0.39 is 0 Å². The molecular weight excluding hydrogens is 283 g/mol. The Hall–Kier alpha value is 0.730. The summed E-state index contributed by atoms with van der Waals surface area (Å²) in [7, 11) is 0. The highest BCUT2D eigenvalue weighted by molar-refractivity contribution is 14.1. The van der Waals surface area contributed by atoms with Gasteiger partial charge >= 0.3 is 0 Å². The SMILES string of the molecule is CC(I)CCCCC1CCC(C)CC1. The van der Waals surface area contributed by atoms with Crippen LogP contribution in [0.3, 0.4) is 0 Å². The Morgan fingerprint density at radius 1 is 1.14 bits per heavy atom. The van der Waals surface area contributed by atoms with Gasteiger partial charge in [0, 0.05) is 3.92 Å². The van der Waals surface area contributed by atoms with E-state index in [1.165, 1.54) is 51.4 Å². The molecular formula is C13H25I. The standard InChI is InChI=1S/C13H25I/c1-11-7-9-13(10-8-11)6-4-3-5-12(2)14/h11-13H,3-10H2,1-2H3. The molecule has 1 aliphatic rings. The average Bonchev–Trinajstić information content (AvgIpc) is 2.15. The van der Waals surface area contributed by atoms with E-state index in [9.17, 15) is 0 Å². The van der Waals surface area contributed by atoms with E-state index in [0.717, 1.165) is 15.8 Å². The van der Waals surface area contributed by atoms with Crippen molar-refractivity contribution < 1.29 is 0 Å². The lowest BCUT2D eigenvalue weighted by molar-refractivity contribution is 0.272. The molecule has 1 aliphatic carbocycles. The first kappa shape index (κ1) is 12.8. The van der Waals surface area contributed by atoms with Gasteiger partial charge < -0.3 is 0 Å². The zero-order chi connectivity index (χ0) is 10.4. The van der Waals surface area contributed by atoms with Crippen molar-refractivity contribution in [3.05, 3.63) is 0 Å². The Labute approximate surface area is 103 Å². The minimum atomic E-state index is 0.874. The van der Waals surface area contributed by atoms with Crippen LogP contribution in [0, 0.1) is 11.8 Å². The van der Waals surface area contributed by atoms with Crippen LogP contribution in [-0.2, 0) is 0 Å². The predicted molar refractivity (Wildman–Crippen MR) is 73.1 cm³/mol. The summed E-state index contributed by atoms with van der Waals surface area (Å²) >= 11 is 2.54. The second kappa shape index (κ2) is 7.08. The molecule has 1 saturated carbocycles. The van der Waals surface area contributed by atoms with Crippen molar-refractivity contribution >= 4 is 22.6 Å². The Morgan fingerprint density at radius 3 is 2.36 bits per heavy atom. The molecule has 84 valence electrons. The highest BCUT2D eigenvalue weighted by Crippen LogP contribution is 2.31. The molecule has 0 radical (unpaired) electrons. The monoisotopic (exact) mass is 308 g/mol. The van der Waals surface area contributed by atoms with Crippen molar-refractivity contribution in [2.75, 3.05) is 0 Å². The summed E-state index contributed by atoms with van der Waals surface area (Å²) in [4.78, 5) is 0. The summed E-state index contributed by atoms with van der Waals surface area (Å²) in [5, 5.41) is 0. The average molecular weight is 308 g/mol. The van der Waals surface area contributed by atoms with Gasteiger partial charge in [-0.15, -0.1) is 0 Å². The van der Waals surface area contributed by atoms with Gasteiger partial charge in [0.15, 0.2) is 0 Å². The molecule has 0 aromatic carbocycles. The molecule has 0 aliphatic heterocycles. The molecule has 0 aromatic rings. The van der Waals surface area contributed by atoms with Crippen molar-refractivity contribution in [2.45, 2.75) is 69.1 Å². The lowest BCUT2D eigenvalue weighted by Gasteiger charge is -2.26. The molecule has 1 rings (SSSR count). The third kappa shape index (κ3) is 5.57. The van der Waals surface area contributed by atoms with Crippen LogP contribution in [0.25, 0.3) is 0 Å². The predicted octanol–water partition coefficient (Wildman–Crippen LogP) is 5.20. The summed E-state index contributed by atoms with van der Waals surface area (Å²) in [6.45, 7) is 4.73. The van der Waals surface area contributed by atoms with E-state index in [0.29, 0.717) is 0 Å². The fourth-order valence-electron chi connectivity index (χ4n) is 2.48. The molecule has 0 bridgehead atoms. The topological polar surface area (TPSA) is 0 Å². The van der Waals surface area contributed by atoms with E-state index in [4.69, 9.17) is 0 Å². The summed E-state index contributed by atoms with van der Waals surface area (Å²) < 4.78 is 0.874. The van der Waals surface area contributed by atoms with E-state index in [1.54, 1.807) is 0 Å². The second-order valence-electron chi connectivity index (χ2n) is 5.19.